The summed E-state index contributed by atoms with van der Waals surface area (Å²) in [5.74, 6) is 0.0207. The first-order valence-corrected chi connectivity index (χ1v) is 8.77. The molecule has 3 aromatic rings. The molecule has 29 heavy (non-hydrogen) atoms. The highest BCUT2D eigenvalue weighted by molar-refractivity contribution is 5.97. The van der Waals surface area contributed by atoms with Crippen molar-refractivity contribution >= 4 is 17.3 Å². The fraction of sp³-hybridized carbons (Fsp3) is 0.263. The zero-order valence-corrected chi connectivity index (χ0v) is 15.9. The zero-order valence-electron chi connectivity index (χ0n) is 15.9. The van der Waals surface area contributed by atoms with Crippen LogP contribution in [-0.4, -0.2) is 32.2 Å². The Morgan fingerprint density at radius 3 is 2.34 bits per heavy atom. The summed E-state index contributed by atoms with van der Waals surface area (Å²) in [5.41, 5.74) is 1.13. The Labute approximate surface area is 164 Å². The predicted molar refractivity (Wildman–Crippen MR) is 102 cm³/mol. The van der Waals surface area contributed by atoms with E-state index in [1.165, 1.54) is 16.9 Å². The van der Waals surface area contributed by atoms with E-state index in [4.69, 9.17) is 0 Å². The topological polar surface area (TPSA) is 84.7 Å². The van der Waals surface area contributed by atoms with E-state index in [-0.39, 0.29) is 17.8 Å². The van der Waals surface area contributed by atoms with Gasteiger partial charge in [0.05, 0.1) is 12.6 Å². The number of aromatic nitrogens is 4. The minimum absolute atomic E-state index is 0.0365. The number of hydrogen-bond donors (Lipinski definition) is 2. The maximum atomic E-state index is 12.8. The van der Waals surface area contributed by atoms with Crippen molar-refractivity contribution in [1.29, 1.82) is 0 Å². The number of tetrazole rings is 1. The Bertz CT molecular complexity index is 1010. The standard InChI is InChI=1S/C19H19F3N6O/c1-11(2)23-18(29)12-4-9-16(15(10-12)17-25-27-28(3)26-17)24-14-7-5-13(6-8-14)19(20,21)22/h4-11,24H,1-3H3,(H,23,29). The minimum atomic E-state index is -4.40. The zero-order chi connectivity index (χ0) is 21.2. The summed E-state index contributed by atoms with van der Waals surface area (Å²) in [5, 5.41) is 17.8. The smallest absolute Gasteiger partial charge is 0.355 e. The summed E-state index contributed by atoms with van der Waals surface area (Å²) in [4.78, 5) is 13.6. The third-order valence-corrected chi connectivity index (χ3v) is 3.94. The highest BCUT2D eigenvalue weighted by atomic mass is 19.4. The fourth-order valence-electron chi connectivity index (χ4n) is 2.61. The number of halogens is 3. The lowest BCUT2D eigenvalue weighted by Crippen LogP contribution is -2.30. The first-order valence-electron chi connectivity index (χ1n) is 8.77. The van der Waals surface area contributed by atoms with Gasteiger partial charge in [-0.2, -0.15) is 18.0 Å². The van der Waals surface area contributed by atoms with Crippen LogP contribution in [0.4, 0.5) is 24.5 Å². The van der Waals surface area contributed by atoms with Crippen LogP contribution >= 0.6 is 0 Å². The minimum Gasteiger partial charge on any atom is -0.355 e. The number of nitrogens with one attached hydrogen (secondary N) is 2. The predicted octanol–water partition coefficient (Wildman–Crippen LogP) is 3.78. The third kappa shape index (κ3) is 4.89. The van der Waals surface area contributed by atoms with Crippen molar-refractivity contribution in [3.8, 4) is 11.4 Å². The summed E-state index contributed by atoms with van der Waals surface area (Å²) >= 11 is 0. The number of amides is 1. The molecule has 1 aromatic heterocycles. The summed E-state index contributed by atoms with van der Waals surface area (Å²) in [6.07, 6.45) is -4.40. The molecule has 0 saturated carbocycles. The lowest BCUT2D eigenvalue weighted by molar-refractivity contribution is -0.137. The molecular formula is C19H19F3N6O. The number of nitrogens with zero attached hydrogens (tertiary/aromatic N) is 4. The second kappa shape index (κ2) is 7.90. The third-order valence-electron chi connectivity index (χ3n) is 3.94. The Morgan fingerprint density at radius 1 is 1.10 bits per heavy atom. The normalized spacial score (nSPS) is 11.6. The number of alkyl halides is 3. The molecular weight excluding hydrogens is 385 g/mol. The molecule has 0 aliphatic rings. The maximum absolute atomic E-state index is 12.8. The lowest BCUT2D eigenvalue weighted by Gasteiger charge is -2.14. The molecule has 0 saturated heterocycles. The van der Waals surface area contributed by atoms with Crippen LogP contribution in [0.25, 0.3) is 11.4 Å². The van der Waals surface area contributed by atoms with Crippen LogP contribution in [0.2, 0.25) is 0 Å². The second-order valence-electron chi connectivity index (χ2n) is 6.69. The van der Waals surface area contributed by atoms with Crippen LogP contribution in [0.1, 0.15) is 29.8 Å². The Hall–Kier alpha value is -3.43. The molecule has 10 heteroatoms. The molecule has 3 rings (SSSR count). The molecule has 7 nitrogen and oxygen atoms in total. The van der Waals surface area contributed by atoms with E-state index in [2.05, 4.69) is 26.0 Å². The average Bonchev–Trinajstić information content (AvgIpc) is 3.07. The van der Waals surface area contributed by atoms with Gasteiger partial charge in [-0.15, -0.1) is 10.2 Å². The van der Waals surface area contributed by atoms with Crippen LogP contribution in [-0.2, 0) is 13.2 Å². The van der Waals surface area contributed by atoms with E-state index >= 15 is 0 Å². The highest BCUT2D eigenvalue weighted by Gasteiger charge is 2.30. The van der Waals surface area contributed by atoms with E-state index in [1.807, 2.05) is 13.8 Å². The molecule has 1 amide bonds. The molecule has 0 radical (unpaired) electrons. The van der Waals surface area contributed by atoms with Crippen molar-refractivity contribution in [2.45, 2.75) is 26.1 Å². The van der Waals surface area contributed by atoms with Gasteiger partial charge in [0.1, 0.15) is 0 Å². The summed E-state index contributed by atoms with van der Waals surface area (Å²) in [7, 11) is 1.61. The van der Waals surface area contributed by atoms with Gasteiger partial charge >= 0.3 is 6.18 Å². The van der Waals surface area contributed by atoms with Crippen LogP contribution in [0.5, 0.6) is 0 Å². The molecule has 152 valence electrons. The molecule has 0 unspecified atom stereocenters. The number of rotatable bonds is 5. The van der Waals surface area contributed by atoms with E-state index in [0.717, 1.165) is 12.1 Å². The molecule has 0 aliphatic carbocycles. The van der Waals surface area contributed by atoms with Gasteiger partial charge in [-0.1, -0.05) is 0 Å². The monoisotopic (exact) mass is 404 g/mol. The number of carbonyl (C=O) groups excluding carboxylic acids is 1. The summed E-state index contributed by atoms with van der Waals surface area (Å²) in [6.45, 7) is 3.70. The van der Waals surface area contributed by atoms with E-state index < -0.39 is 11.7 Å². The number of benzene rings is 2. The first-order chi connectivity index (χ1) is 13.6. The number of hydrogen-bond acceptors (Lipinski definition) is 5. The molecule has 2 aromatic carbocycles. The molecule has 0 atom stereocenters. The Balaban J connectivity index is 1.96. The maximum Gasteiger partial charge on any atom is 0.416 e. The van der Waals surface area contributed by atoms with Gasteiger partial charge < -0.3 is 10.6 Å². The van der Waals surface area contributed by atoms with Gasteiger partial charge in [-0.25, -0.2) is 0 Å². The van der Waals surface area contributed by atoms with Crippen molar-refractivity contribution in [1.82, 2.24) is 25.5 Å². The molecule has 0 bridgehead atoms. The van der Waals surface area contributed by atoms with E-state index in [9.17, 15) is 18.0 Å². The number of anilines is 2. The van der Waals surface area contributed by atoms with Gasteiger partial charge in [0.2, 0.25) is 5.82 Å². The fourth-order valence-corrected chi connectivity index (χ4v) is 2.61. The largest absolute Gasteiger partial charge is 0.416 e. The van der Waals surface area contributed by atoms with Crippen LogP contribution in [0, 0.1) is 0 Å². The van der Waals surface area contributed by atoms with Crippen LogP contribution < -0.4 is 10.6 Å². The first kappa shape index (κ1) is 20.3. The van der Waals surface area contributed by atoms with Gasteiger partial charge in [0, 0.05) is 28.5 Å². The van der Waals surface area contributed by atoms with E-state index in [0.29, 0.717) is 22.5 Å². The Kier molecular flexibility index (Phi) is 5.53. The number of aryl methyl sites for hydroxylation is 1. The van der Waals surface area contributed by atoms with Gasteiger partial charge in [0.15, 0.2) is 0 Å². The Morgan fingerprint density at radius 2 is 1.79 bits per heavy atom. The van der Waals surface area contributed by atoms with Crippen molar-refractivity contribution in [2.24, 2.45) is 7.05 Å². The van der Waals surface area contributed by atoms with Crippen molar-refractivity contribution in [3.05, 3.63) is 53.6 Å². The van der Waals surface area contributed by atoms with Crippen LogP contribution in [0.3, 0.4) is 0 Å². The van der Waals surface area contributed by atoms with Crippen LogP contribution in [0.15, 0.2) is 42.5 Å². The SMILES string of the molecule is CC(C)NC(=O)c1ccc(Nc2ccc(C(F)(F)F)cc2)c(-c2nnn(C)n2)c1. The van der Waals surface area contributed by atoms with Gasteiger partial charge in [-0.3, -0.25) is 4.79 Å². The molecule has 0 fully saturated rings. The molecule has 1 heterocycles. The molecule has 2 N–H and O–H groups in total. The molecule has 0 aliphatic heterocycles. The second-order valence-corrected chi connectivity index (χ2v) is 6.69. The van der Waals surface area contributed by atoms with Gasteiger partial charge in [-0.05, 0) is 61.5 Å². The molecule has 0 spiro atoms. The average molecular weight is 404 g/mol. The lowest BCUT2D eigenvalue weighted by atomic mass is 10.1. The van der Waals surface area contributed by atoms with E-state index in [1.54, 1.807) is 25.2 Å². The highest BCUT2D eigenvalue weighted by Crippen LogP contribution is 2.32. The quantitative estimate of drug-likeness (QED) is 0.676. The summed E-state index contributed by atoms with van der Waals surface area (Å²) < 4.78 is 38.3. The van der Waals surface area contributed by atoms with Crippen molar-refractivity contribution in [2.75, 3.05) is 5.32 Å². The number of carbonyl (C=O) groups is 1. The van der Waals surface area contributed by atoms with Gasteiger partial charge in [0.25, 0.3) is 5.91 Å². The van der Waals surface area contributed by atoms with Crippen molar-refractivity contribution in [3.63, 3.8) is 0 Å². The van der Waals surface area contributed by atoms with Crippen molar-refractivity contribution < 1.29 is 18.0 Å². The summed E-state index contributed by atoms with van der Waals surface area (Å²) in [6, 6.07) is 9.49.